The molecule has 2 aliphatic carbocycles. The fourth-order valence-electron chi connectivity index (χ4n) is 5.33. The number of aromatic nitrogens is 4. The average molecular weight is 445 g/mol. The summed E-state index contributed by atoms with van der Waals surface area (Å²) in [4.78, 5) is 27.5. The van der Waals surface area contributed by atoms with Crippen molar-refractivity contribution < 1.29 is 4.79 Å². The van der Waals surface area contributed by atoms with Gasteiger partial charge in [-0.15, -0.1) is 0 Å². The Morgan fingerprint density at radius 2 is 1.70 bits per heavy atom. The maximum absolute atomic E-state index is 13.0. The summed E-state index contributed by atoms with van der Waals surface area (Å²) in [6.07, 6.45) is 9.72. The zero-order chi connectivity index (χ0) is 22.4. The van der Waals surface area contributed by atoms with Crippen LogP contribution in [0.3, 0.4) is 0 Å². The van der Waals surface area contributed by atoms with Gasteiger partial charge in [0, 0.05) is 38.0 Å². The van der Waals surface area contributed by atoms with Crippen LogP contribution in [0.25, 0.3) is 16.7 Å². The van der Waals surface area contributed by atoms with Crippen molar-refractivity contribution in [2.24, 2.45) is 5.92 Å². The summed E-state index contributed by atoms with van der Waals surface area (Å²) < 4.78 is 1.94. The Labute approximate surface area is 194 Å². The predicted octanol–water partition coefficient (Wildman–Crippen LogP) is 4.23. The topological polar surface area (TPSA) is 67.2 Å². The van der Waals surface area contributed by atoms with Crippen LogP contribution in [0, 0.1) is 12.8 Å². The maximum Gasteiger partial charge on any atom is 0.225 e. The van der Waals surface area contributed by atoms with E-state index in [0.717, 1.165) is 86.6 Å². The average Bonchev–Trinajstić information content (AvgIpc) is 3.46. The SMILES string of the molecule is Cc1ccc(-n2ncc3c(N4CCCN(C(=O)C5CCCC5)CC4)nc(C4CC4)nc32)cc1. The lowest BCUT2D eigenvalue weighted by molar-refractivity contribution is -0.135. The number of carbonyl (C=O) groups excluding carboxylic acids is 1. The van der Waals surface area contributed by atoms with Crippen molar-refractivity contribution in [3.8, 4) is 5.69 Å². The monoisotopic (exact) mass is 444 g/mol. The van der Waals surface area contributed by atoms with Gasteiger partial charge in [-0.1, -0.05) is 30.5 Å². The number of fused-ring (bicyclic) bond motifs is 1. The van der Waals surface area contributed by atoms with Gasteiger partial charge in [-0.3, -0.25) is 4.79 Å². The molecule has 0 unspecified atom stereocenters. The number of amides is 1. The molecule has 33 heavy (non-hydrogen) atoms. The fourth-order valence-corrected chi connectivity index (χ4v) is 5.33. The van der Waals surface area contributed by atoms with Gasteiger partial charge in [0.05, 0.1) is 17.3 Å². The highest BCUT2D eigenvalue weighted by Crippen LogP contribution is 2.40. The number of hydrogen-bond donors (Lipinski definition) is 0. The lowest BCUT2D eigenvalue weighted by atomic mass is 10.1. The first-order chi connectivity index (χ1) is 16.2. The summed E-state index contributed by atoms with van der Waals surface area (Å²) in [7, 11) is 0. The second-order valence-electron chi connectivity index (χ2n) is 9.96. The molecule has 172 valence electrons. The van der Waals surface area contributed by atoms with Crippen molar-refractivity contribution in [2.75, 3.05) is 31.1 Å². The molecule has 3 fully saturated rings. The van der Waals surface area contributed by atoms with Crippen molar-refractivity contribution >= 4 is 22.8 Å². The Morgan fingerprint density at radius 1 is 0.909 bits per heavy atom. The number of anilines is 1. The number of aryl methyl sites for hydroxylation is 1. The van der Waals surface area contributed by atoms with E-state index in [-0.39, 0.29) is 5.92 Å². The molecule has 7 nitrogen and oxygen atoms in total. The first-order valence-electron chi connectivity index (χ1n) is 12.5. The van der Waals surface area contributed by atoms with E-state index in [9.17, 15) is 4.79 Å². The number of hydrogen-bond acceptors (Lipinski definition) is 5. The Hall–Kier alpha value is -2.96. The van der Waals surface area contributed by atoms with Crippen molar-refractivity contribution in [1.82, 2.24) is 24.6 Å². The van der Waals surface area contributed by atoms with Crippen LogP contribution in [0.1, 0.15) is 62.3 Å². The van der Waals surface area contributed by atoms with Gasteiger partial charge in [-0.2, -0.15) is 5.10 Å². The fraction of sp³-hybridized carbons (Fsp3) is 0.538. The smallest absolute Gasteiger partial charge is 0.225 e. The van der Waals surface area contributed by atoms with Crippen molar-refractivity contribution in [3.63, 3.8) is 0 Å². The van der Waals surface area contributed by atoms with Crippen LogP contribution in [0.4, 0.5) is 5.82 Å². The lowest BCUT2D eigenvalue weighted by Gasteiger charge is -2.25. The molecule has 1 aromatic carbocycles. The molecular formula is C26H32N6O. The van der Waals surface area contributed by atoms with E-state index in [1.807, 2.05) is 10.9 Å². The van der Waals surface area contributed by atoms with Gasteiger partial charge in [0.25, 0.3) is 0 Å². The molecule has 0 radical (unpaired) electrons. The van der Waals surface area contributed by atoms with E-state index in [2.05, 4.69) is 41.0 Å². The Bertz CT molecular complexity index is 1160. The molecule has 3 aromatic rings. The van der Waals surface area contributed by atoms with E-state index in [1.54, 1.807) is 0 Å². The highest BCUT2D eigenvalue weighted by molar-refractivity contribution is 5.88. The number of nitrogens with zero attached hydrogens (tertiary/aromatic N) is 6. The van der Waals surface area contributed by atoms with Gasteiger partial charge < -0.3 is 9.80 Å². The number of carbonyl (C=O) groups is 1. The number of rotatable bonds is 4. The second-order valence-corrected chi connectivity index (χ2v) is 9.96. The molecule has 3 aliphatic rings. The van der Waals surface area contributed by atoms with Crippen LogP contribution >= 0.6 is 0 Å². The van der Waals surface area contributed by atoms with Gasteiger partial charge in [0.2, 0.25) is 5.91 Å². The third kappa shape index (κ3) is 3.98. The molecule has 1 amide bonds. The largest absolute Gasteiger partial charge is 0.354 e. The van der Waals surface area contributed by atoms with Gasteiger partial charge in [0.15, 0.2) is 5.65 Å². The van der Waals surface area contributed by atoms with Crippen LogP contribution in [0.5, 0.6) is 0 Å². The quantitative estimate of drug-likeness (QED) is 0.602. The van der Waals surface area contributed by atoms with E-state index in [4.69, 9.17) is 15.1 Å². The van der Waals surface area contributed by atoms with Crippen molar-refractivity contribution in [1.29, 1.82) is 0 Å². The summed E-state index contributed by atoms with van der Waals surface area (Å²) in [6.45, 7) is 5.42. The van der Waals surface area contributed by atoms with Gasteiger partial charge in [0.1, 0.15) is 11.6 Å². The van der Waals surface area contributed by atoms with Crippen LogP contribution in [0.2, 0.25) is 0 Å². The highest BCUT2D eigenvalue weighted by Gasteiger charge is 2.31. The van der Waals surface area contributed by atoms with E-state index in [1.165, 1.54) is 18.4 Å². The minimum Gasteiger partial charge on any atom is -0.354 e. The zero-order valence-corrected chi connectivity index (χ0v) is 19.4. The van der Waals surface area contributed by atoms with Gasteiger partial charge in [-0.25, -0.2) is 14.6 Å². The third-order valence-electron chi connectivity index (χ3n) is 7.46. The summed E-state index contributed by atoms with van der Waals surface area (Å²) in [6, 6.07) is 8.41. The van der Waals surface area contributed by atoms with Crippen LogP contribution < -0.4 is 4.90 Å². The molecule has 2 saturated carbocycles. The maximum atomic E-state index is 13.0. The molecular weight excluding hydrogens is 412 g/mol. The molecule has 2 aromatic heterocycles. The minimum atomic E-state index is 0.247. The molecule has 1 saturated heterocycles. The van der Waals surface area contributed by atoms with Crippen LogP contribution in [-0.4, -0.2) is 56.7 Å². The predicted molar refractivity (Wildman–Crippen MR) is 129 cm³/mol. The second kappa shape index (κ2) is 8.43. The molecule has 1 aliphatic heterocycles. The molecule has 3 heterocycles. The summed E-state index contributed by atoms with van der Waals surface area (Å²) >= 11 is 0. The molecule has 7 heteroatoms. The summed E-state index contributed by atoms with van der Waals surface area (Å²) in [5.74, 6) is 3.00. The number of benzene rings is 1. The van der Waals surface area contributed by atoms with Crippen molar-refractivity contribution in [3.05, 3.63) is 41.9 Å². The van der Waals surface area contributed by atoms with E-state index < -0.39 is 0 Å². The normalized spacial score (nSPS) is 19.9. The van der Waals surface area contributed by atoms with Crippen LogP contribution in [0.15, 0.2) is 30.5 Å². The zero-order valence-electron chi connectivity index (χ0n) is 19.4. The molecule has 0 spiro atoms. The summed E-state index contributed by atoms with van der Waals surface area (Å²) in [5, 5.41) is 5.71. The molecule has 0 N–H and O–H groups in total. The molecule has 0 bridgehead atoms. The lowest BCUT2D eigenvalue weighted by Crippen LogP contribution is -2.38. The standard InChI is InChI=1S/C26H32N6O/c1-18-7-11-21(12-8-18)32-25-22(17-27-32)24(28-23(29-25)19-9-10-19)30-13-4-14-31(16-15-30)26(33)20-5-2-3-6-20/h7-8,11-12,17,19-20H,2-6,9-10,13-16H2,1H3. The molecule has 6 rings (SSSR count). The van der Waals surface area contributed by atoms with E-state index in [0.29, 0.717) is 11.8 Å². The Morgan fingerprint density at radius 3 is 2.45 bits per heavy atom. The van der Waals surface area contributed by atoms with Gasteiger partial charge in [-0.05, 0) is 51.2 Å². The summed E-state index contributed by atoms with van der Waals surface area (Å²) in [5.41, 5.74) is 3.13. The van der Waals surface area contributed by atoms with Gasteiger partial charge >= 0.3 is 0 Å². The first kappa shape index (κ1) is 20.6. The Balaban J connectivity index is 1.32. The van der Waals surface area contributed by atoms with Crippen LogP contribution in [-0.2, 0) is 4.79 Å². The van der Waals surface area contributed by atoms with Crippen molar-refractivity contribution in [2.45, 2.75) is 57.8 Å². The first-order valence-corrected chi connectivity index (χ1v) is 12.5. The molecule has 0 atom stereocenters. The minimum absolute atomic E-state index is 0.247. The highest BCUT2D eigenvalue weighted by atomic mass is 16.2. The third-order valence-corrected chi connectivity index (χ3v) is 7.46. The van der Waals surface area contributed by atoms with E-state index >= 15 is 0 Å². The Kier molecular flexibility index (Phi) is 5.27.